The molecule has 0 aliphatic carbocycles. The van der Waals surface area contributed by atoms with Crippen LogP contribution in [0.25, 0.3) is 0 Å². The van der Waals surface area contributed by atoms with Gasteiger partial charge < -0.3 is 9.64 Å². The summed E-state index contributed by atoms with van der Waals surface area (Å²) in [7, 11) is 0. The molecule has 0 radical (unpaired) electrons. The van der Waals surface area contributed by atoms with E-state index in [9.17, 15) is 9.59 Å². The number of carbonyl (C=O) groups excluding carboxylic acids is 2. The van der Waals surface area contributed by atoms with Crippen molar-refractivity contribution in [2.45, 2.75) is 33.2 Å². The van der Waals surface area contributed by atoms with E-state index in [0.717, 1.165) is 13.0 Å². The van der Waals surface area contributed by atoms with Crippen LogP contribution in [0, 0.1) is 0 Å². The maximum Gasteiger partial charge on any atom is 0.350 e. The Kier molecular flexibility index (Phi) is 4.59. The van der Waals surface area contributed by atoms with Gasteiger partial charge in [-0.3, -0.25) is 4.90 Å². The summed E-state index contributed by atoms with van der Waals surface area (Å²) in [6.45, 7) is 7.50. The summed E-state index contributed by atoms with van der Waals surface area (Å²) in [6, 6.07) is 0.126. The number of thiazole rings is 1. The van der Waals surface area contributed by atoms with Gasteiger partial charge in [0, 0.05) is 12.6 Å². The first kappa shape index (κ1) is 14.8. The van der Waals surface area contributed by atoms with E-state index in [4.69, 9.17) is 4.74 Å². The molecule has 2 amide bonds. The number of aromatic nitrogens is 1. The second-order valence-electron chi connectivity index (χ2n) is 4.66. The van der Waals surface area contributed by atoms with Crippen molar-refractivity contribution >= 4 is 28.5 Å². The van der Waals surface area contributed by atoms with Gasteiger partial charge in [-0.1, -0.05) is 18.3 Å². The lowest BCUT2D eigenvalue weighted by Crippen LogP contribution is -2.34. The highest BCUT2D eigenvalue weighted by atomic mass is 32.1. The minimum Gasteiger partial charge on any atom is -0.462 e. The molecule has 0 spiro atoms. The molecule has 1 fully saturated rings. The van der Waals surface area contributed by atoms with Gasteiger partial charge in [-0.15, -0.1) is 0 Å². The lowest BCUT2D eigenvalue weighted by atomic mass is 10.3. The zero-order valence-electron chi connectivity index (χ0n) is 12.0. The minimum absolute atomic E-state index is 0.0379. The average Bonchev–Trinajstić information content (AvgIpc) is 2.99. The van der Waals surface area contributed by atoms with E-state index in [-0.39, 0.29) is 18.0 Å². The van der Waals surface area contributed by atoms with Crippen molar-refractivity contribution in [2.24, 2.45) is 0 Å². The highest BCUT2D eigenvalue weighted by Crippen LogP contribution is 2.28. The van der Waals surface area contributed by atoms with Gasteiger partial charge in [0.15, 0.2) is 5.13 Å². The van der Waals surface area contributed by atoms with Crippen molar-refractivity contribution < 1.29 is 14.3 Å². The van der Waals surface area contributed by atoms with Gasteiger partial charge in [-0.05, 0) is 20.3 Å². The fourth-order valence-corrected chi connectivity index (χ4v) is 3.00. The van der Waals surface area contributed by atoms with Crippen LogP contribution >= 0.6 is 11.3 Å². The average molecular weight is 297 g/mol. The number of nitrogens with zero attached hydrogens (tertiary/aromatic N) is 3. The number of anilines is 1. The molecule has 0 bridgehead atoms. The smallest absolute Gasteiger partial charge is 0.350 e. The summed E-state index contributed by atoms with van der Waals surface area (Å²) >= 11 is 1.20. The number of hydrogen-bond acceptors (Lipinski definition) is 5. The zero-order valence-corrected chi connectivity index (χ0v) is 12.8. The third-order valence-electron chi connectivity index (χ3n) is 3.12. The van der Waals surface area contributed by atoms with Gasteiger partial charge in [0.25, 0.3) is 0 Å². The predicted molar refractivity (Wildman–Crippen MR) is 77.3 cm³/mol. The van der Waals surface area contributed by atoms with Gasteiger partial charge in [0.05, 0.1) is 19.3 Å². The topological polar surface area (TPSA) is 62.7 Å². The number of amides is 2. The molecule has 20 heavy (non-hydrogen) atoms. The van der Waals surface area contributed by atoms with Crippen LogP contribution in [0.5, 0.6) is 0 Å². The zero-order chi connectivity index (χ0) is 14.7. The molecule has 1 aliphatic rings. The highest BCUT2D eigenvalue weighted by Gasteiger charge is 2.36. The quantitative estimate of drug-likeness (QED) is 0.783. The first-order chi connectivity index (χ1) is 9.58. The maximum atomic E-state index is 12.3. The molecule has 6 nitrogen and oxygen atoms in total. The summed E-state index contributed by atoms with van der Waals surface area (Å²) < 4.78 is 4.93. The lowest BCUT2D eigenvalue weighted by Gasteiger charge is -2.18. The Balaban J connectivity index is 2.13. The summed E-state index contributed by atoms with van der Waals surface area (Å²) in [5.41, 5.74) is 0. The fraction of sp³-hybridized carbons (Fsp3) is 0.615. The van der Waals surface area contributed by atoms with E-state index >= 15 is 0 Å². The van der Waals surface area contributed by atoms with E-state index in [1.165, 1.54) is 17.5 Å². The monoisotopic (exact) mass is 297 g/mol. The SMILES string of the molecule is CCCN1C(=O)N(c2ncc(C(=O)OCC)s2)CC1C. The van der Waals surface area contributed by atoms with Crippen LogP contribution in [-0.2, 0) is 4.74 Å². The first-order valence-electron chi connectivity index (χ1n) is 6.79. The summed E-state index contributed by atoms with van der Waals surface area (Å²) in [5.74, 6) is -0.388. The van der Waals surface area contributed by atoms with Crippen molar-refractivity contribution in [1.82, 2.24) is 9.88 Å². The summed E-state index contributed by atoms with van der Waals surface area (Å²) in [4.78, 5) is 32.0. The van der Waals surface area contributed by atoms with Crippen molar-refractivity contribution in [3.63, 3.8) is 0 Å². The van der Waals surface area contributed by atoms with Crippen LogP contribution in [0.3, 0.4) is 0 Å². The van der Waals surface area contributed by atoms with Gasteiger partial charge in [-0.25, -0.2) is 14.6 Å². The Morgan fingerprint density at radius 2 is 2.30 bits per heavy atom. The Hall–Kier alpha value is -1.63. The molecular weight excluding hydrogens is 278 g/mol. The molecular formula is C13H19N3O3S. The van der Waals surface area contributed by atoms with Crippen molar-refractivity contribution in [3.8, 4) is 0 Å². The lowest BCUT2D eigenvalue weighted by molar-refractivity contribution is 0.0532. The highest BCUT2D eigenvalue weighted by molar-refractivity contribution is 7.17. The summed E-state index contributed by atoms with van der Waals surface area (Å²) in [5, 5.41) is 0.559. The maximum absolute atomic E-state index is 12.3. The minimum atomic E-state index is -0.388. The Labute approximate surface area is 122 Å². The Morgan fingerprint density at radius 1 is 1.55 bits per heavy atom. The van der Waals surface area contributed by atoms with Crippen LogP contribution in [0.15, 0.2) is 6.20 Å². The van der Waals surface area contributed by atoms with E-state index < -0.39 is 0 Å². The molecule has 0 N–H and O–H groups in total. The van der Waals surface area contributed by atoms with Crippen molar-refractivity contribution in [1.29, 1.82) is 0 Å². The molecule has 0 aromatic carbocycles. The molecule has 2 rings (SSSR count). The molecule has 1 aromatic heterocycles. The second-order valence-corrected chi connectivity index (χ2v) is 5.67. The standard InChI is InChI=1S/C13H19N3O3S/c1-4-6-15-9(3)8-16(13(15)18)12-14-7-10(20-12)11(17)19-5-2/h7,9H,4-6,8H2,1-3H3. The molecule has 1 atom stereocenters. The molecule has 2 heterocycles. The van der Waals surface area contributed by atoms with E-state index in [0.29, 0.717) is 23.2 Å². The van der Waals surface area contributed by atoms with E-state index in [1.807, 2.05) is 18.7 Å². The Bertz CT molecular complexity index is 503. The van der Waals surface area contributed by atoms with Crippen LogP contribution in [0.2, 0.25) is 0 Å². The number of hydrogen-bond donors (Lipinski definition) is 0. The van der Waals surface area contributed by atoms with Crippen molar-refractivity contribution in [2.75, 3.05) is 24.6 Å². The number of urea groups is 1. The molecule has 1 saturated heterocycles. The van der Waals surface area contributed by atoms with Gasteiger partial charge in [0.2, 0.25) is 0 Å². The second kappa shape index (κ2) is 6.21. The number of carbonyl (C=O) groups is 2. The fourth-order valence-electron chi connectivity index (χ4n) is 2.19. The summed E-state index contributed by atoms with van der Waals surface area (Å²) in [6.07, 6.45) is 2.40. The van der Waals surface area contributed by atoms with E-state index in [2.05, 4.69) is 4.98 Å². The number of esters is 1. The largest absolute Gasteiger partial charge is 0.462 e. The number of ether oxygens (including phenoxy) is 1. The van der Waals surface area contributed by atoms with Gasteiger partial charge in [-0.2, -0.15) is 0 Å². The van der Waals surface area contributed by atoms with Crippen LogP contribution in [0.1, 0.15) is 36.9 Å². The Morgan fingerprint density at radius 3 is 2.95 bits per heavy atom. The number of rotatable bonds is 5. The van der Waals surface area contributed by atoms with E-state index in [1.54, 1.807) is 11.8 Å². The molecule has 110 valence electrons. The van der Waals surface area contributed by atoms with Crippen LogP contribution < -0.4 is 4.90 Å². The molecule has 1 aliphatic heterocycles. The normalized spacial score (nSPS) is 18.8. The van der Waals surface area contributed by atoms with Gasteiger partial charge in [0.1, 0.15) is 4.88 Å². The first-order valence-corrected chi connectivity index (χ1v) is 7.61. The van der Waals surface area contributed by atoms with Crippen LogP contribution in [0.4, 0.5) is 9.93 Å². The van der Waals surface area contributed by atoms with Gasteiger partial charge >= 0.3 is 12.0 Å². The third kappa shape index (κ3) is 2.77. The molecule has 1 aromatic rings. The van der Waals surface area contributed by atoms with Crippen molar-refractivity contribution in [3.05, 3.63) is 11.1 Å². The molecule has 0 saturated carbocycles. The third-order valence-corrected chi connectivity index (χ3v) is 4.12. The molecule has 7 heteroatoms. The van der Waals surface area contributed by atoms with Crippen LogP contribution in [-0.4, -0.2) is 47.6 Å². The molecule has 1 unspecified atom stereocenters. The predicted octanol–water partition coefficient (Wildman–Crippen LogP) is 2.36.